The standard InChI is InChI=1S/C26H34N2O2/c1-26(2,3)21-12-14-23(30-4)20(16-21)17-27-24-15-13-22(18-8-6-5-7-9-18)28(24)25(29)19-10-11-19/h5-9,12,14,16,19,22,24,27H,10-11,13,15,17H2,1-4H3. The second kappa shape index (κ2) is 8.43. The number of benzene rings is 2. The maximum absolute atomic E-state index is 13.2. The lowest BCUT2D eigenvalue weighted by Crippen LogP contribution is -2.46. The molecule has 1 aliphatic carbocycles. The van der Waals surface area contributed by atoms with Crippen molar-refractivity contribution in [1.29, 1.82) is 0 Å². The second-order valence-electron chi connectivity index (χ2n) is 9.70. The highest BCUT2D eigenvalue weighted by molar-refractivity contribution is 5.82. The molecule has 4 nitrogen and oxygen atoms in total. The first kappa shape index (κ1) is 20.9. The van der Waals surface area contributed by atoms with E-state index in [9.17, 15) is 4.79 Å². The molecule has 4 heteroatoms. The number of carbonyl (C=O) groups is 1. The highest BCUT2D eigenvalue weighted by Gasteiger charge is 2.43. The monoisotopic (exact) mass is 406 g/mol. The Balaban J connectivity index is 1.54. The van der Waals surface area contributed by atoms with Crippen molar-refractivity contribution in [2.75, 3.05) is 7.11 Å². The highest BCUT2D eigenvalue weighted by Crippen LogP contribution is 2.41. The molecule has 4 rings (SSSR count). The van der Waals surface area contributed by atoms with Gasteiger partial charge in [-0.05, 0) is 48.3 Å². The average molecular weight is 407 g/mol. The Morgan fingerprint density at radius 1 is 1.07 bits per heavy atom. The molecule has 2 aromatic carbocycles. The zero-order chi connectivity index (χ0) is 21.3. The van der Waals surface area contributed by atoms with E-state index in [2.05, 4.69) is 73.5 Å². The zero-order valence-corrected chi connectivity index (χ0v) is 18.7. The van der Waals surface area contributed by atoms with Crippen LogP contribution in [0.15, 0.2) is 48.5 Å². The van der Waals surface area contributed by atoms with Crippen LogP contribution in [0.5, 0.6) is 5.75 Å². The van der Waals surface area contributed by atoms with Gasteiger partial charge >= 0.3 is 0 Å². The van der Waals surface area contributed by atoms with Crippen LogP contribution in [0.2, 0.25) is 0 Å². The van der Waals surface area contributed by atoms with E-state index in [0.717, 1.165) is 37.0 Å². The Bertz CT molecular complexity index is 884. The summed E-state index contributed by atoms with van der Waals surface area (Å²) in [7, 11) is 1.72. The van der Waals surface area contributed by atoms with Crippen molar-refractivity contribution in [2.24, 2.45) is 5.92 Å². The van der Waals surface area contributed by atoms with Gasteiger partial charge < -0.3 is 9.64 Å². The number of rotatable bonds is 6. The number of methoxy groups -OCH3 is 1. The minimum Gasteiger partial charge on any atom is -0.496 e. The van der Waals surface area contributed by atoms with Crippen molar-refractivity contribution in [3.63, 3.8) is 0 Å². The van der Waals surface area contributed by atoms with Crippen LogP contribution in [0.1, 0.15) is 69.2 Å². The maximum atomic E-state index is 13.2. The third kappa shape index (κ3) is 4.39. The van der Waals surface area contributed by atoms with Gasteiger partial charge in [-0.3, -0.25) is 10.1 Å². The summed E-state index contributed by atoms with van der Waals surface area (Å²) in [4.78, 5) is 15.3. The molecule has 1 heterocycles. The Kier molecular flexibility index (Phi) is 5.88. The van der Waals surface area contributed by atoms with Crippen LogP contribution in [-0.2, 0) is 16.8 Å². The molecule has 1 aliphatic heterocycles. The Labute approximate surface area is 180 Å². The predicted octanol–water partition coefficient (Wildman–Crippen LogP) is 5.18. The summed E-state index contributed by atoms with van der Waals surface area (Å²) in [5.41, 5.74) is 3.76. The normalized spacial score (nSPS) is 21.7. The minimum absolute atomic E-state index is 0.0614. The van der Waals surface area contributed by atoms with E-state index in [1.54, 1.807) is 7.11 Å². The van der Waals surface area contributed by atoms with Gasteiger partial charge in [-0.25, -0.2) is 0 Å². The van der Waals surface area contributed by atoms with E-state index in [1.807, 2.05) is 6.07 Å². The van der Waals surface area contributed by atoms with Gasteiger partial charge in [0.25, 0.3) is 0 Å². The molecule has 2 aliphatic rings. The SMILES string of the molecule is COc1ccc(C(C)(C)C)cc1CNC1CCC(c2ccccc2)N1C(=O)C1CC1. The third-order valence-electron chi connectivity index (χ3n) is 6.43. The summed E-state index contributed by atoms with van der Waals surface area (Å²) in [5, 5.41) is 3.69. The quantitative estimate of drug-likeness (QED) is 0.718. The minimum atomic E-state index is 0.0614. The van der Waals surface area contributed by atoms with Gasteiger partial charge in [-0.2, -0.15) is 0 Å². The van der Waals surface area contributed by atoms with Crippen LogP contribution in [0, 0.1) is 5.92 Å². The topological polar surface area (TPSA) is 41.6 Å². The molecule has 30 heavy (non-hydrogen) atoms. The fourth-order valence-corrected chi connectivity index (χ4v) is 4.47. The zero-order valence-electron chi connectivity index (χ0n) is 18.7. The van der Waals surface area contributed by atoms with Crippen LogP contribution in [0.4, 0.5) is 0 Å². The van der Waals surface area contributed by atoms with Gasteiger partial charge in [-0.15, -0.1) is 0 Å². The van der Waals surface area contributed by atoms with E-state index in [0.29, 0.717) is 12.5 Å². The van der Waals surface area contributed by atoms with E-state index in [4.69, 9.17) is 4.74 Å². The first-order valence-corrected chi connectivity index (χ1v) is 11.2. The molecule has 0 spiro atoms. The van der Waals surface area contributed by atoms with Crippen LogP contribution in [0.25, 0.3) is 0 Å². The summed E-state index contributed by atoms with van der Waals surface area (Å²) >= 11 is 0. The molecule has 0 aromatic heterocycles. The molecule has 0 bridgehead atoms. The Morgan fingerprint density at radius 2 is 1.80 bits per heavy atom. The van der Waals surface area contributed by atoms with Gasteiger partial charge in [0.05, 0.1) is 19.3 Å². The maximum Gasteiger partial charge on any atom is 0.227 e. The Morgan fingerprint density at radius 3 is 2.43 bits per heavy atom. The Hall–Kier alpha value is -2.33. The number of amides is 1. The molecule has 2 aromatic rings. The van der Waals surface area contributed by atoms with Crippen LogP contribution < -0.4 is 10.1 Å². The number of hydrogen-bond acceptors (Lipinski definition) is 3. The second-order valence-corrected chi connectivity index (χ2v) is 9.70. The molecule has 2 unspecified atom stereocenters. The van der Waals surface area contributed by atoms with Gasteiger partial charge in [0.1, 0.15) is 5.75 Å². The van der Waals surface area contributed by atoms with E-state index >= 15 is 0 Å². The van der Waals surface area contributed by atoms with Crippen LogP contribution >= 0.6 is 0 Å². The summed E-state index contributed by atoms with van der Waals surface area (Å²) in [6.07, 6.45) is 4.10. The van der Waals surface area contributed by atoms with Gasteiger partial charge in [0.15, 0.2) is 0 Å². The number of nitrogens with one attached hydrogen (secondary N) is 1. The number of carbonyl (C=O) groups excluding carboxylic acids is 1. The highest BCUT2D eigenvalue weighted by atomic mass is 16.5. The van der Waals surface area contributed by atoms with Crippen molar-refractivity contribution >= 4 is 5.91 Å². The molecule has 2 fully saturated rings. The summed E-state index contributed by atoms with van der Waals surface area (Å²) in [6, 6.07) is 17.1. The van der Waals surface area contributed by atoms with Crippen molar-refractivity contribution < 1.29 is 9.53 Å². The molecule has 1 amide bonds. The van der Waals surface area contributed by atoms with Gasteiger partial charge in [0.2, 0.25) is 5.91 Å². The largest absolute Gasteiger partial charge is 0.496 e. The van der Waals surface area contributed by atoms with Crippen molar-refractivity contribution in [1.82, 2.24) is 10.2 Å². The predicted molar refractivity (Wildman–Crippen MR) is 120 cm³/mol. The summed E-state index contributed by atoms with van der Waals surface area (Å²) in [5.74, 6) is 1.43. The molecule has 1 N–H and O–H groups in total. The van der Waals surface area contributed by atoms with E-state index < -0.39 is 0 Å². The first-order valence-electron chi connectivity index (χ1n) is 11.2. The lowest BCUT2D eigenvalue weighted by atomic mass is 9.86. The van der Waals surface area contributed by atoms with Crippen molar-refractivity contribution in [3.05, 3.63) is 65.2 Å². The number of ether oxygens (including phenoxy) is 1. The lowest BCUT2D eigenvalue weighted by molar-refractivity contribution is -0.136. The average Bonchev–Trinajstić information content (AvgIpc) is 3.51. The van der Waals surface area contributed by atoms with Crippen LogP contribution in [-0.4, -0.2) is 24.1 Å². The van der Waals surface area contributed by atoms with Gasteiger partial charge in [-0.1, -0.05) is 63.2 Å². The molecular weight excluding hydrogens is 372 g/mol. The molecule has 0 radical (unpaired) electrons. The molecule has 1 saturated carbocycles. The molecule has 160 valence electrons. The number of nitrogens with zero attached hydrogens (tertiary/aromatic N) is 1. The number of likely N-dealkylation sites (tertiary alicyclic amines) is 1. The fourth-order valence-electron chi connectivity index (χ4n) is 4.47. The van der Waals surface area contributed by atoms with E-state index in [1.165, 1.54) is 11.1 Å². The third-order valence-corrected chi connectivity index (χ3v) is 6.43. The van der Waals surface area contributed by atoms with Crippen molar-refractivity contribution in [2.45, 2.75) is 70.6 Å². The fraction of sp³-hybridized carbons (Fsp3) is 0.500. The molecular formula is C26H34N2O2. The summed E-state index contributed by atoms with van der Waals surface area (Å²) in [6.45, 7) is 7.37. The number of hydrogen-bond donors (Lipinski definition) is 1. The lowest BCUT2D eigenvalue weighted by Gasteiger charge is -2.32. The van der Waals surface area contributed by atoms with E-state index in [-0.39, 0.29) is 23.5 Å². The molecule has 1 saturated heterocycles. The van der Waals surface area contributed by atoms with Crippen LogP contribution in [0.3, 0.4) is 0 Å². The van der Waals surface area contributed by atoms with Crippen molar-refractivity contribution in [3.8, 4) is 5.75 Å². The summed E-state index contributed by atoms with van der Waals surface area (Å²) < 4.78 is 5.62. The molecule has 2 atom stereocenters. The smallest absolute Gasteiger partial charge is 0.227 e. The van der Waals surface area contributed by atoms with Gasteiger partial charge in [0, 0.05) is 18.0 Å². The first-order chi connectivity index (χ1) is 14.4.